The van der Waals surface area contributed by atoms with Crippen LogP contribution < -0.4 is 5.32 Å². The first-order valence-corrected chi connectivity index (χ1v) is 10.7. The Balaban J connectivity index is 1.22. The molecule has 3 aromatic carbocycles. The van der Waals surface area contributed by atoms with Crippen molar-refractivity contribution in [2.45, 2.75) is 10.9 Å². The summed E-state index contributed by atoms with van der Waals surface area (Å²) in [6, 6.07) is 23.1. The first kappa shape index (κ1) is 19.1. The predicted octanol–water partition coefficient (Wildman–Crippen LogP) is 5.76. The van der Waals surface area contributed by atoms with E-state index in [1.54, 1.807) is 18.0 Å². The number of aromatic amines is 1. The standard InChI is InChI=1S/C24H18N4O2S/c29-23(26-19-5-3-4-18(12-19)22-13-25-15-30-22)17-10-8-16(9-11-17)14-31-24-27-20-6-1-2-7-21(20)28-24/h1-13,15H,14H2,(H,26,29)(H,27,28). The summed E-state index contributed by atoms with van der Waals surface area (Å²) in [5.74, 6) is 1.26. The van der Waals surface area contributed by atoms with E-state index in [9.17, 15) is 4.79 Å². The number of carbonyl (C=O) groups is 1. The molecule has 5 rings (SSSR count). The molecule has 152 valence electrons. The van der Waals surface area contributed by atoms with Gasteiger partial charge >= 0.3 is 0 Å². The summed E-state index contributed by atoms with van der Waals surface area (Å²) < 4.78 is 5.32. The maximum absolute atomic E-state index is 12.6. The first-order valence-electron chi connectivity index (χ1n) is 9.71. The van der Waals surface area contributed by atoms with Gasteiger partial charge in [-0.05, 0) is 42.0 Å². The van der Waals surface area contributed by atoms with E-state index in [-0.39, 0.29) is 5.91 Å². The molecule has 0 atom stereocenters. The number of para-hydroxylation sites is 2. The lowest BCUT2D eigenvalue weighted by Crippen LogP contribution is -2.11. The van der Waals surface area contributed by atoms with Gasteiger partial charge in [0.15, 0.2) is 17.3 Å². The number of fused-ring (bicyclic) bond motifs is 1. The van der Waals surface area contributed by atoms with Gasteiger partial charge in [0.05, 0.1) is 17.2 Å². The summed E-state index contributed by atoms with van der Waals surface area (Å²) in [6.07, 6.45) is 3.03. The van der Waals surface area contributed by atoms with Gasteiger partial charge in [-0.3, -0.25) is 4.79 Å². The van der Waals surface area contributed by atoms with Crippen LogP contribution in [0.5, 0.6) is 0 Å². The lowest BCUT2D eigenvalue weighted by molar-refractivity contribution is 0.102. The van der Waals surface area contributed by atoms with Crippen LogP contribution in [0.1, 0.15) is 15.9 Å². The van der Waals surface area contributed by atoms with Crippen molar-refractivity contribution in [1.82, 2.24) is 15.0 Å². The highest BCUT2D eigenvalue weighted by molar-refractivity contribution is 7.98. The number of thioether (sulfide) groups is 1. The summed E-state index contributed by atoms with van der Waals surface area (Å²) in [7, 11) is 0. The third-order valence-electron chi connectivity index (χ3n) is 4.80. The summed E-state index contributed by atoms with van der Waals surface area (Å²) in [5, 5.41) is 3.82. The summed E-state index contributed by atoms with van der Waals surface area (Å²) >= 11 is 1.64. The molecule has 2 N–H and O–H groups in total. The number of anilines is 1. The van der Waals surface area contributed by atoms with Crippen LogP contribution in [-0.2, 0) is 5.75 Å². The van der Waals surface area contributed by atoms with Crippen LogP contribution in [0.2, 0.25) is 0 Å². The average Bonchev–Trinajstić information content (AvgIpc) is 3.48. The van der Waals surface area contributed by atoms with Crippen molar-refractivity contribution < 1.29 is 9.21 Å². The van der Waals surface area contributed by atoms with E-state index in [2.05, 4.69) is 20.3 Å². The number of nitrogens with zero attached hydrogens (tertiary/aromatic N) is 2. The lowest BCUT2D eigenvalue weighted by atomic mass is 10.1. The number of hydrogen-bond acceptors (Lipinski definition) is 5. The largest absolute Gasteiger partial charge is 0.444 e. The minimum absolute atomic E-state index is 0.161. The molecule has 1 amide bonds. The van der Waals surface area contributed by atoms with Gasteiger partial charge in [-0.2, -0.15) is 0 Å². The fraction of sp³-hybridized carbons (Fsp3) is 0.0417. The minimum Gasteiger partial charge on any atom is -0.444 e. The molecule has 0 bridgehead atoms. The van der Waals surface area contributed by atoms with E-state index >= 15 is 0 Å². The lowest BCUT2D eigenvalue weighted by Gasteiger charge is -2.07. The van der Waals surface area contributed by atoms with E-state index in [4.69, 9.17) is 4.42 Å². The summed E-state index contributed by atoms with van der Waals surface area (Å²) in [5.41, 5.74) is 5.27. The Hall–Kier alpha value is -3.84. The molecule has 7 heteroatoms. The van der Waals surface area contributed by atoms with Crippen LogP contribution in [0.3, 0.4) is 0 Å². The third-order valence-corrected chi connectivity index (χ3v) is 5.74. The summed E-state index contributed by atoms with van der Waals surface area (Å²) in [6.45, 7) is 0. The Morgan fingerprint density at radius 1 is 1.03 bits per heavy atom. The highest BCUT2D eigenvalue weighted by Gasteiger charge is 2.09. The van der Waals surface area contributed by atoms with E-state index in [1.807, 2.05) is 72.8 Å². The molecule has 0 aliphatic heterocycles. The van der Waals surface area contributed by atoms with Gasteiger partial charge in [0.2, 0.25) is 0 Å². The third kappa shape index (κ3) is 4.36. The average molecular weight is 427 g/mol. The zero-order chi connectivity index (χ0) is 21.0. The smallest absolute Gasteiger partial charge is 0.255 e. The number of oxazole rings is 1. The fourth-order valence-corrected chi connectivity index (χ4v) is 4.05. The van der Waals surface area contributed by atoms with Crippen molar-refractivity contribution in [2.24, 2.45) is 0 Å². The monoisotopic (exact) mass is 426 g/mol. The molecule has 0 spiro atoms. The van der Waals surface area contributed by atoms with Crippen LogP contribution >= 0.6 is 11.8 Å². The molecule has 0 radical (unpaired) electrons. The normalized spacial score (nSPS) is 11.0. The second kappa shape index (κ2) is 8.49. The van der Waals surface area contributed by atoms with Gasteiger partial charge in [-0.1, -0.05) is 48.2 Å². The second-order valence-corrected chi connectivity index (χ2v) is 7.91. The van der Waals surface area contributed by atoms with Crippen LogP contribution in [0.15, 0.2) is 95.0 Å². The number of rotatable bonds is 6. The van der Waals surface area contributed by atoms with Gasteiger partial charge in [-0.15, -0.1) is 0 Å². The van der Waals surface area contributed by atoms with Crippen molar-refractivity contribution in [3.05, 3.63) is 96.5 Å². The Morgan fingerprint density at radius 3 is 2.71 bits per heavy atom. The number of aromatic nitrogens is 3. The highest BCUT2D eigenvalue weighted by atomic mass is 32.2. The zero-order valence-corrected chi connectivity index (χ0v) is 17.2. The van der Waals surface area contributed by atoms with Crippen LogP contribution in [0, 0.1) is 0 Å². The molecule has 2 heterocycles. The molecule has 0 aliphatic rings. The predicted molar refractivity (Wildman–Crippen MR) is 122 cm³/mol. The van der Waals surface area contributed by atoms with Crippen LogP contribution in [-0.4, -0.2) is 20.9 Å². The van der Waals surface area contributed by atoms with Gasteiger partial charge < -0.3 is 14.7 Å². The van der Waals surface area contributed by atoms with Crippen molar-refractivity contribution in [3.63, 3.8) is 0 Å². The topological polar surface area (TPSA) is 83.8 Å². The molecule has 2 aromatic heterocycles. The number of imidazole rings is 1. The number of hydrogen-bond donors (Lipinski definition) is 2. The van der Waals surface area contributed by atoms with Gasteiger partial charge in [0.25, 0.3) is 5.91 Å². The van der Waals surface area contributed by atoms with Crippen molar-refractivity contribution >= 4 is 34.4 Å². The maximum atomic E-state index is 12.6. The quantitative estimate of drug-likeness (QED) is 0.337. The zero-order valence-electron chi connectivity index (χ0n) is 16.4. The van der Waals surface area contributed by atoms with Crippen LogP contribution in [0.4, 0.5) is 5.69 Å². The Bertz CT molecular complexity index is 1290. The Morgan fingerprint density at radius 2 is 1.90 bits per heavy atom. The second-order valence-electron chi connectivity index (χ2n) is 6.95. The molecule has 0 saturated carbocycles. The molecule has 6 nitrogen and oxygen atoms in total. The molecule has 0 saturated heterocycles. The first-order chi connectivity index (χ1) is 15.2. The SMILES string of the molecule is O=C(Nc1cccc(-c2cnco2)c1)c1ccc(CSc2nc3ccccc3[nH]2)cc1. The Kier molecular flexibility index (Phi) is 5.24. The van der Waals surface area contributed by atoms with Gasteiger partial charge in [0, 0.05) is 22.6 Å². The molecule has 5 aromatic rings. The summed E-state index contributed by atoms with van der Waals surface area (Å²) in [4.78, 5) is 24.5. The van der Waals surface area contributed by atoms with E-state index in [0.717, 1.165) is 33.1 Å². The van der Waals surface area contributed by atoms with E-state index < -0.39 is 0 Å². The molecule has 0 fully saturated rings. The fourth-order valence-electron chi connectivity index (χ4n) is 3.21. The molecular formula is C24H18N4O2S. The van der Waals surface area contributed by atoms with E-state index in [0.29, 0.717) is 17.0 Å². The van der Waals surface area contributed by atoms with Crippen molar-refractivity contribution in [1.29, 1.82) is 0 Å². The number of benzene rings is 3. The maximum Gasteiger partial charge on any atom is 0.255 e. The van der Waals surface area contributed by atoms with Crippen molar-refractivity contribution in [3.8, 4) is 11.3 Å². The van der Waals surface area contributed by atoms with Crippen LogP contribution in [0.25, 0.3) is 22.4 Å². The molecule has 31 heavy (non-hydrogen) atoms. The number of amides is 1. The Labute approximate surface area is 182 Å². The van der Waals surface area contributed by atoms with Gasteiger partial charge in [0.1, 0.15) is 0 Å². The minimum atomic E-state index is -0.161. The number of nitrogens with one attached hydrogen (secondary N) is 2. The highest BCUT2D eigenvalue weighted by Crippen LogP contribution is 2.24. The molecule has 0 aliphatic carbocycles. The van der Waals surface area contributed by atoms with E-state index in [1.165, 1.54) is 6.39 Å². The van der Waals surface area contributed by atoms with Gasteiger partial charge in [-0.25, -0.2) is 9.97 Å². The van der Waals surface area contributed by atoms with Crippen molar-refractivity contribution in [2.75, 3.05) is 5.32 Å². The number of carbonyl (C=O) groups excluding carboxylic acids is 1. The molecular weight excluding hydrogens is 408 g/mol. The number of H-pyrrole nitrogens is 1. The molecule has 0 unspecified atom stereocenters.